The maximum atomic E-state index is 10.4. The Bertz CT molecular complexity index is 368. The van der Waals surface area contributed by atoms with Crippen molar-refractivity contribution in [3.05, 3.63) is 39.9 Å². The molecule has 0 saturated heterocycles. The second-order valence-electron chi connectivity index (χ2n) is 2.75. The molecule has 0 radical (unpaired) electrons. The van der Waals surface area contributed by atoms with E-state index < -0.39 is 5.97 Å². The van der Waals surface area contributed by atoms with Crippen molar-refractivity contribution in [2.24, 2.45) is 0 Å². The van der Waals surface area contributed by atoms with Crippen LogP contribution in [0.25, 0.3) is 6.08 Å². The molecule has 0 spiro atoms. The standard InChI is InChI=1S/C10H8Cl2O2/c11-9(12)5-7-2-1-3-8(4-7)6-10(13)14/h1-5H,6H2,(H,13,14). The molecule has 4 heteroatoms. The van der Waals surface area contributed by atoms with Crippen molar-refractivity contribution < 1.29 is 9.90 Å². The molecule has 0 atom stereocenters. The van der Waals surface area contributed by atoms with Crippen LogP contribution in [0.2, 0.25) is 0 Å². The van der Waals surface area contributed by atoms with E-state index in [0.717, 1.165) is 11.1 Å². The molecule has 0 unspecified atom stereocenters. The average Bonchev–Trinajstić information content (AvgIpc) is 2.01. The molecule has 0 aliphatic carbocycles. The molecule has 2 nitrogen and oxygen atoms in total. The molecule has 0 amide bonds. The third-order valence-corrected chi connectivity index (χ3v) is 1.80. The van der Waals surface area contributed by atoms with E-state index in [1.807, 2.05) is 0 Å². The lowest BCUT2D eigenvalue weighted by molar-refractivity contribution is -0.136. The molecule has 0 fully saturated rings. The molecule has 0 bridgehead atoms. The lowest BCUT2D eigenvalue weighted by Gasteiger charge is -1.98. The van der Waals surface area contributed by atoms with Crippen LogP contribution >= 0.6 is 23.2 Å². The van der Waals surface area contributed by atoms with E-state index in [2.05, 4.69) is 0 Å². The maximum absolute atomic E-state index is 10.4. The van der Waals surface area contributed by atoms with Crippen LogP contribution in [0.15, 0.2) is 28.8 Å². The molecule has 0 heterocycles. The van der Waals surface area contributed by atoms with Crippen LogP contribution in [-0.4, -0.2) is 11.1 Å². The lowest BCUT2D eigenvalue weighted by Crippen LogP contribution is -1.99. The third kappa shape index (κ3) is 3.81. The molecular weight excluding hydrogens is 223 g/mol. The van der Waals surface area contributed by atoms with Crippen molar-refractivity contribution in [1.82, 2.24) is 0 Å². The number of carboxylic acid groups (broad SMARTS) is 1. The minimum absolute atomic E-state index is 0.00157. The van der Waals surface area contributed by atoms with Gasteiger partial charge < -0.3 is 5.11 Å². The number of benzene rings is 1. The van der Waals surface area contributed by atoms with Crippen LogP contribution in [0.5, 0.6) is 0 Å². The molecule has 1 aromatic carbocycles. The molecule has 1 aromatic rings. The van der Waals surface area contributed by atoms with E-state index in [-0.39, 0.29) is 10.9 Å². The highest BCUT2D eigenvalue weighted by Crippen LogP contribution is 2.15. The Morgan fingerprint density at radius 3 is 2.71 bits per heavy atom. The first-order chi connectivity index (χ1) is 6.58. The van der Waals surface area contributed by atoms with Gasteiger partial charge in [-0.05, 0) is 17.2 Å². The number of rotatable bonds is 3. The highest BCUT2D eigenvalue weighted by atomic mass is 35.5. The van der Waals surface area contributed by atoms with Gasteiger partial charge >= 0.3 is 5.97 Å². The number of hydrogen-bond acceptors (Lipinski definition) is 1. The van der Waals surface area contributed by atoms with Crippen molar-refractivity contribution in [2.75, 3.05) is 0 Å². The summed E-state index contributed by atoms with van der Waals surface area (Å²) in [5.74, 6) is -0.858. The van der Waals surface area contributed by atoms with Gasteiger partial charge in [0.2, 0.25) is 0 Å². The van der Waals surface area contributed by atoms with Crippen LogP contribution < -0.4 is 0 Å². The Balaban J connectivity index is 2.89. The van der Waals surface area contributed by atoms with Crippen molar-refractivity contribution in [3.63, 3.8) is 0 Å². The summed E-state index contributed by atoms with van der Waals surface area (Å²) in [6.07, 6.45) is 1.57. The van der Waals surface area contributed by atoms with E-state index in [0.29, 0.717) is 0 Å². The van der Waals surface area contributed by atoms with Crippen LogP contribution in [0.4, 0.5) is 0 Å². The lowest BCUT2D eigenvalue weighted by atomic mass is 10.1. The monoisotopic (exact) mass is 230 g/mol. The van der Waals surface area contributed by atoms with Crippen LogP contribution in [0.3, 0.4) is 0 Å². The highest BCUT2D eigenvalue weighted by molar-refractivity contribution is 6.57. The Labute approximate surface area is 91.8 Å². The summed E-state index contributed by atoms with van der Waals surface area (Å²) >= 11 is 11.0. The van der Waals surface area contributed by atoms with Crippen LogP contribution in [-0.2, 0) is 11.2 Å². The fraction of sp³-hybridized carbons (Fsp3) is 0.100. The molecule has 14 heavy (non-hydrogen) atoms. The van der Waals surface area contributed by atoms with Gasteiger partial charge in [-0.15, -0.1) is 0 Å². The van der Waals surface area contributed by atoms with Crippen molar-refractivity contribution in [2.45, 2.75) is 6.42 Å². The predicted molar refractivity (Wildman–Crippen MR) is 57.5 cm³/mol. The van der Waals surface area contributed by atoms with Gasteiger partial charge in [0.1, 0.15) is 4.49 Å². The highest BCUT2D eigenvalue weighted by Gasteiger charge is 2.00. The summed E-state index contributed by atoms with van der Waals surface area (Å²) in [6, 6.07) is 7.05. The maximum Gasteiger partial charge on any atom is 0.307 e. The minimum Gasteiger partial charge on any atom is -0.481 e. The van der Waals surface area contributed by atoms with E-state index in [9.17, 15) is 4.79 Å². The molecule has 0 aromatic heterocycles. The van der Waals surface area contributed by atoms with Gasteiger partial charge in [0.05, 0.1) is 6.42 Å². The number of carboxylic acids is 1. The van der Waals surface area contributed by atoms with E-state index in [4.69, 9.17) is 28.3 Å². The number of aliphatic carboxylic acids is 1. The second kappa shape index (κ2) is 5.03. The average molecular weight is 231 g/mol. The molecule has 1 rings (SSSR count). The zero-order valence-corrected chi connectivity index (χ0v) is 8.72. The summed E-state index contributed by atoms with van der Waals surface area (Å²) in [4.78, 5) is 10.4. The summed E-state index contributed by atoms with van der Waals surface area (Å²) < 4.78 is 0.150. The summed E-state index contributed by atoms with van der Waals surface area (Å²) in [6.45, 7) is 0. The predicted octanol–water partition coefficient (Wildman–Crippen LogP) is 3.09. The fourth-order valence-corrected chi connectivity index (χ4v) is 1.35. The summed E-state index contributed by atoms with van der Waals surface area (Å²) in [5.41, 5.74) is 1.52. The van der Waals surface area contributed by atoms with Crippen molar-refractivity contribution >= 4 is 35.2 Å². The molecule has 0 aliphatic rings. The molecule has 0 aliphatic heterocycles. The van der Waals surface area contributed by atoms with E-state index >= 15 is 0 Å². The Kier molecular flexibility index (Phi) is 3.98. The summed E-state index contributed by atoms with van der Waals surface area (Å²) in [7, 11) is 0. The number of halogens is 2. The first-order valence-electron chi connectivity index (χ1n) is 3.91. The third-order valence-electron chi connectivity index (χ3n) is 1.58. The second-order valence-corrected chi connectivity index (χ2v) is 3.76. The van der Waals surface area contributed by atoms with E-state index in [1.165, 1.54) is 0 Å². The zero-order chi connectivity index (χ0) is 10.6. The minimum atomic E-state index is -0.858. The summed E-state index contributed by atoms with van der Waals surface area (Å²) in [5, 5.41) is 8.57. The number of carbonyl (C=O) groups is 1. The van der Waals surface area contributed by atoms with Crippen molar-refractivity contribution in [3.8, 4) is 0 Å². The largest absolute Gasteiger partial charge is 0.481 e. The van der Waals surface area contributed by atoms with Crippen LogP contribution in [0, 0.1) is 0 Å². The Hall–Kier alpha value is -0.990. The Morgan fingerprint density at radius 2 is 2.14 bits per heavy atom. The van der Waals surface area contributed by atoms with Gasteiger partial charge in [-0.2, -0.15) is 0 Å². The van der Waals surface area contributed by atoms with Gasteiger partial charge in [0.25, 0.3) is 0 Å². The number of hydrogen-bond donors (Lipinski definition) is 1. The zero-order valence-electron chi connectivity index (χ0n) is 7.21. The smallest absolute Gasteiger partial charge is 0.307 e. The van der Waals surface area contributed by atoms with Gasteiger partial charge in [0.15, 0.2) is 0 Å². The topological polar surface area (TPSA) is 37.3 Å². The molecule has 1 N–H and O–H groups in total. The molecule has 74 valence electrons. The SMILES string of the molecule is O=C(O)Cc1cccc(C=C(Cl)Cl)c1. The first-order valence-corrected chi connectivity index (χ1v) is 4.67. The Morgan fingerprint density at radius 1 is 1.43 bits per heavy atom. The van der Waals surface area contributed by atoms with Crippen LogP contribution in [0.1, 0.15) is 11.1 Å². The normalized spacial score (nSPS) is 9.57. The van der Waals surface area contributed by atoms with E-state index in [1.54, 1.807) is 30.3 Å². The molecule has 0 saturated carbocycles. The van der Waals surface area contributed by atoms with Gasteiger partial charge in [-0.1, -0.05) is 47.5 Å². The van der Waals surface area contributed by atoms with Gasteiger partial charge in [-0.25, -0.2) is 0 Å². The fourth-order valence-electron chi connectivity index (χ4n) is 1.09. The quantitative estimate of drug-likeness (QED) is 0.867. The molecular formula is C10H8Cl2O2. The van der Waals surface area contributed by atoms with Gasteiger partial charge in [0, 0.05) is 0 Å². The first kappa shape index (κ1) is 11.1. The van der Waals surface area contributed by atoms with Crippen molar-refractivity contribution in [1.29, 1.82) is 0 Å². The van der Waals surface area contributed by atoms with Gasteiger partial charge in [-0.3, -0.25) is 4.79 Å².